The molecule has 2 nitrogen and oxygen atoms in total. The molecule has 0 amide bonds. The Balaban J connectivity index is 2.27. The molecule has 0 aromatic carbocycles. The van der Waals surface area contributed by atoms with Gasteiger partial charge in [0, 0.05) is 25.4 Å². The summed E-state index contributed by atoms with van der Waals surface area (Å²) in [5, 5.41) is 2.05. The average Bonchev–Trinajstić information content (AvgIpc) is 2.84. The molecular weight excluding hydrogens is 192 g/mol. The van der Waals surface area contributed by atoms with Gasteiger partial charge in [-0.05, 0) is 11.4 Å². The molecule has 0 fully saturated rings. The Kier molecular flexibility index (Phi) is 2.66. The van der Waals surface area contributed by atoms with Crippen LogP contribution in [0.25, 0.3) is 10.7 Å². The third-order valence-electron chi connectivity index (χ3n) is 1.95. The van der Waals surface area contributed by atoms with Crippen LogP contribution < -0.4 is 0 Å². The molecule has 0 unspecified atom stereocenters. The second-order valence-corrected chi connectivity index (χ2v) is 3.82. The zero-order valence-electron chi connectivity index (χ0n) is 7.68. The van der Waals surface area contributed by atoms with Crippen LogP contribution in [0.5, 0.6) is 0 Å². The first-order valence-corrected chi connectivity index (χ1v) is 5.28. The van der Waals surface area contributed by atoms with Gasteiger partial charge in [0.25, 0.3) is 0 Å². The second-order valence-electron chi connectivity index (χ2n) is 2.88. The fourth-order valence-corrected chi connectivity index (χ4v) is 2.04. The van der Waals surface area contributed by atoms with E-state index in [0.29, 0.717) is 0 Å². The summed E-state index contributed by atoms with van der Waals surface area (Å²) in [5.41, 5.74) is 0. The lowest BCUT2D eigenvalue weighted by molar-refractivity contribution is 0.728. The van der Waals surface area contributed by atoms with Crippen LogP contribution in [0.15, 0.2) is 29.9 Å². The highest BCUT2D eigenvalue weighted by Gasteiger charge is 2.05. The van der Waals surface area contributed by atoms with Crippen LogP contribution in [0.1, 0.15) is 6.42 Å². The maximum Gasteiger partial charge on any atom is 0.150 e. The zero-order valence-corrected chi connectivity index (χ0v) is 8.50. The lowest BCUT2D eigenvalue weighted by Crippen LogP contribution is -1.97. The highest BCUT2D eigenvalue weighted by atomic mass is 32.1. The van der Waals surface area contributed by atoms with Gasteiger partial charge >= 0.3 is 0 Å². The van der Waals surface area contributed by atoms with Crippen molar-refractivity contribution in [2.45, 2.75) is 13.0 Å². The number of hydrogen-bond acceptors (Lipinski definition) is 2. The molecule has 2 rings (SSSR count). The maximum atomic E-state index is 5.23. The van der Waals surface area contributed by atoms with Crippen molar-refractivity contribution in [2.75, 3.05) is 0 Å². The lowest BCUT2D eigenvalue weighted by atomic mass is 10.4. The molecule has 2 aromatic rings. The number of imidazole rings is 1. The van der Waals surface area contributed by atoms with Gasteiger partial charge < -0.3 is 4.57 Å². The Morgan fingerprint density at radius 2 is 2.50 bits per heavy atom. The summed E-state index contributed by atoms with van der Waals surface area (Å²) >= 11 is 1.69. The van der Waals surface area contributed by atoms with E-state index >= 15 is 0 Å². The van der Waals surface area contributed by atoms with E-state index in [1.165, 1.54) is 4.88 Å². The van der Waals surface area contributed by atoms with Crippen LogP contribution in [0.3, 0.4) is 0 Å². The molecule has 0 aliphatic carbocycles. The SMILES string of the molecule is C#CCCn1ccnc1-c1cccs1. The number of terminal acetylenes is 1. The number of thiophene rings is 1. The first-order chi connectivity index (χ1) is 6.92. The van der Waals surface area contributed by atoms with Crippen molar-refractivity contribution in [3.63, 3.8) is 0 Å². The molecule has 0 aliphatic rings. The zero-order chi connectivity index (χ0) is 9.80. The van der Waals surface area contributed by atoms with Gasteiger partial charge in [0.15, 0.2) is 0 Å². The quantitative estimate of drug-likeness (QED) is 0.700. The molecule has 2 aromatic heterocycles. The van der Waals surface area contributed by atoms with E-state index in [0.717, 1.165) is 18.8 Å². The summed E-state index contributed by atoms with van der Waals surface area (Å²) in [7, 11) is 0. The van der Waals surface area contributed by atoms with Gasteiger partial charge in [0.2, 0.25) is 0 Å². The summed E-state index contributed by atoms with van der Waals surface area (Å²) in [6.45, 7) is 0.837. The number of aromatic nitrogens is 2. The predicted molar refractivity (Wildman–Crippen MR) is 59.0 cm³/mol. The van der Waals surface area contributed by atoms with Crippen molar-refractivity contribution >= 4 is 11.3 Å². The molecule has 0 saturated carbocycles. The van der Waals surface area contributed by atoms with Crippen LogP contribution in [-0.4, -0.2) is 9.55 Å². The highest BCUT2D eigenvalue weighted by Crippen LogP contribution is 2.22. The van der Waals surface area contributed by atoms with Crippen LogP contribution in [0, 0.1) is 12.3 Å². The van der Waals surface area contributed by atoms with Gasteiger partial charge in [-0.3, -0.25) is 0 Å². The van der Waals surface area contributed by atoms with E-state index in [2.05, 4.69) is 26.9 Å². The van der Waals surface area contributed by atoms with Gasteiger partial charge in [-0.15, -0.1) is 23.7 Å². The summed E-state index contributed by atoms with van der Waals surface area (Å²) < 4.78 is 2.09. The van der Waals surface area contributed by atoms with E-state index in [1.807, 2.05) is 18.5 Å². The number of rotatable bonds is 3. The topological polar surface area (TPSA) is 17.8 Å². The summed E-state index contributed by atoms with van der Waals surface area (Å²) in [5.74, 6) is 3.64. The minimum absolute atomic E-state index is 0.745. The molecule has 0 saturated heterocycles. The molecule has 0 aliphatic heterocycles. The van der Waals surface area contributed by atoms with E-state index in [9.17, 15) is 0 Å². The Morgan fingerprint density at radius 3 is 3.21 bits per heavy atom. The monoisotopic (exact) mass is 202 g/mol. The van der Waals surface area contributed by atoms with E-state index in [1.54, 1.807) is 11.3 Å². The molecule has 0 N–H and O–H groups in total. The summed E-state index contributed by atoms with van der Waals surface area (Å²) in [4.78, 5) is 5.50. The van der Waals surface area contributed by atoms with Gasteiger partial charge in [0.1, 0.15) is 5.82 Å². The molecule has 3 heteroatoms. The van der Waals surface area contributed by atoms with Crippen molar-refractivity contribution in [2.24, 2.45) is 0 Å². The largest absolute Gasteiger partial charge is 0.329 e. The molecule has 0 radical (unpaired) electrons. The smallest absolute Gasteiger partial charge is 0.150 e. The molecular formula is C11H10N2S. The van der Waals surface area contributed by atoms with Gasteiger partial charge in [0.05, 0.1) is 4.88 Å². The second kappa shape index (κ2) is 4.12. The minimum Gasteiger partial charge on any atom is -0.329 e. The molecule has 2 heterocycles. The number of hydrogen-bond donors (Lipinski definition) is 0. The third kappa shape index (κ3) is 1.70. The number of nitrogens with zero attached hydrogens (tertiary/aromatic N) is 2. The Hall–Kier alpha value is -1.53. The molecule has 0 atom stereocenters. The maximum absolute atomic E-state index is 5.23. The molecule has 0 bridgehead atoms. The standard InChI is InChI=1S/C11H10N2S/c1-2-3-7-13-8-6-12-11(13)10-5-4-9-14-10/h1,4-6,8-9H,3,7H2. The Bertz CT molecular complexity index is 434. The molecule has 0 spiro atoms. The highest BCUT2D eigenvalue weighted by molar-refractivity contribution is 7.13. The molecule has 70 valence electrons. The fraction of sp³-hybridized carbons (Fsp3) is 0.182. The van der Waals surface area contributed by atoms with Gasteiger partial charge in [-0.2, -0.15) is 0 Å². The third-order valence-corrected chi connectivity index (χ3v) is 2.82. The van der Waals surface area contributed by atoms with Gasteiger partial charge in [-0.1, -0.05) is 6.07 Å². The van der Waals surface area contributed by atoms with Crippen molar-refractivity contribution < 1.29 is 0 Å². The van der Waals surface area contributed by atoms with Crippen molar-refractivity contribution in [3.05, 3.63) is 29.9 Å². The number of aryl methyl sites for hydroxylation is 1. The van der Waals surface area contributed by atoms with Crippen LogP contribution >= 0.6 is 11.3 Å². The van der Waals surface area contributed by atoms with Crippen molar-refractivity contribution in [1.82, 2.24) is 9.55 Å². The summed E-state index contributed by atoms with van der Waals surface area (Å²) in [6, 6.07) is 4.10. The van der Waals surface area contributed by atoms with E-state index in [-0.39, 0.29) is 0 Å². The van der Waals surface area contributed by atoms with Crippen LogP contribution in [-0.2, 0) is 6.54 Å². The van der Waals surface area contributed by atoms with Crippen molar-refractivity contribution in [3.8, 4) is 23.0 Å². The van der Waals surface area contributed by atoms with Crippen molar-refractivity contribution in [1.29, 1.82) is 0 Å². The Labute approximate surface area is 87.2 Å². The molecule has 14 heavy (non-hydrogen) atoms. The predicted octanol–water partition coefficient (Wildman–Crippen LogP) is 2.63. The minimum atomic E-state index is 0.745. The fourth-order valence-electron chi connectivity index (χ4n) is 1.31. The lowest BCUT2D eigenvalue weighted by Gasteiger charge is -2.02. The van der Waals surface area contributed by atoms with E-state index < -0.39 is 0 Å². The van der Waals surface area contributed by atoms with Crippen LogP contribution in [0.2, 0.25) is 0 Å². The van der Waals surface area contributed by atoms with Gasteiger partial charge in [-0.25, -0.2) is 4.98 Å². The average molecular weight is 202 g/mol. The Morgan fingerprint density at radius 1 is 1.57 bits per heavy atom. The normalized spacial score (nSPS) is 9.93. The van der Waals surface area contributed by atoms with Crippen LogP contribution in [0.4, 0.5) is 0 Å². The summed E-state index contributed by atoms with van der Waals surface area (Å²) in [6.07, 6.45) is 9.75. The van der Waals surface area contributed by atoms with E-state index in [4.69, 9.17) is 6.42 Å². The first-order valence-electron chi connectivity index (χ1n) is 4.40. The first kappa shape index (κ1) is 9.04.